The van der Waals surface area contributed by atoms with Crippen molar-refractivity contribution < 1.29 is 9.59 Å². The number of hydrogen-bond acceptors (Lipinski definition) is 4. The second-order valence-electron chi connectivity index (χ2n) is 2.25. The number of carbonyl (C=O) groups is 2. The molecule has 0 aromatic carbocycles. The van der Waals surface area contributed by atoms with Crippen LogP contribution in [0.1, 0.15) is 6.42 Å². The molecule has 0 atom stereocenters. The molecule has 0 aliphatic rings. The molecular weight excluding hydrogens is 196 g/mol. The van der Waals surface area contributed by atoms with Crippen molar-refractivity contribution in [3.8, 4) is 0 Å². The van der Waals surface area contributed by atoms with Crippen molar-refractivity contribution in [2.24, 2.45) is 0 Å². The Kier molecular flexibility index (Phi) is 4.47. The van der Waals surface area contributed by atoms with Gasteiger partial charge in [0.05, 0.1) is 6.42 Å². The van der Waals surface area contributed by atoms with Crippen molar-refractivity contribution in [3.05, 3.63) is 0 Å². The van der Waals surface area contributed by atoms with Crippen LogP contribution in [0.3, 0.4) is 0 Å². The van der Waals surface area contributed by atoms with Crippen molar-refractivity contribution in [1.82, 2.24) is 10.6 Å². The molecule has 0 bridgehead atoms. The molecule has 0 aliphatic heterocycles. The molecule has 0 spiro atoms. The zero-order valence-electron chi connectivity index (χ0n) is 6.92. The van der Waals surface area contributed by atoms with Gasteiger partial charge in [-0.25, -0.2) is 0 Å². The van der Waals surface area contributed by atoms with Gasteiger partial charge < -0.3 is 10.6 Å². The molecule has 2 N–H and O–H groups in total. The Balaban J connectivity index is 4.21. The van der Waals surface area contributed by atoms with Crippen LogP contribution in [0.4, 0.5) is 0 Å². The van der Waals surface area contributed by atoms with Gasteiger partial charge in [-0.15, -0.1) is 0 Å². The summed E-state index contributed by atoms with van der Waals surface area (Å²) in [6.45, 7) is 0. The maximum Gasteiger partial charge on any atom is 0.246 e. The van der Waals surface area contributed by atoms with E-state index in [0.29, 0.717) is 0 Å². The maximum atomic E-state index is 11.0. The smallest absolute Gasteiger partial charge is 0.246 e. The number of thiol groups is 2. The predicted molar refractivity (Wildman–Crippen MR) is 53.5 cm³/mol. The molecular formula is C6H12N2O2S2. The van der Waals surface area contributed by atoms with Crippen LogP contribution < -0.4 is 10.6 Å². The van der Waals surface area contributed by atoms with Crippen molar-refractivity contribution in [2.45, 2.75) is 10.5 Å². The van der Waals surface area contributed by atoms with Gasteiger partial charge in [-0.3, -0.25) is 9.59 Å². The third kappa shape index (κ3) is 3.36. The summed E-state index contributed by atoms with van der Waals surface area (Å²) in [5.41, 5.74) is 0. The van der Waals surface area contributed by atoms with Crippen LogP contribution in [-0.2, 0) is 9.59 Å². The maximum absolute atomic E-state index is 11.0. The zero-order chi connectivity index (χ0) is 9.78. The minimum atomic E-state index is -1.24. The molecule has 0 saturated heterocycles. The first-order chi connectivity index (χ1) is 5.44. The molecule has 0 aromatic rings. The van der Waals surface area contributed by atoms with Crippen LogP contribution in [-0.4, -0.2) is 30.0 Å². The van der Waals surface area contributed by atoms with Crippen LogP contribution in [0.25, 0.3) is 0 Å². The summed E-state index contributed by atoms with van der Waals surface area (Å²) in [6.07, 6.45) is -0.0601. The van der Waals surface area contributed by atoms with Crippen LogP contribution in [0.5, 0.6) is 0 Å². The van der Waals surface area contributed by atoms with E-state index in [2.05, 4.69) is 35.9 Å². The second-order valence-corrected chi connectivity index (χ2v) is 4.13. The fourth-order valence-electron chi connectivity index (χ4n) is 0.593. The first-order valence-corrected chi connectivity index (χ1v) is 4.21. The molecule has 0 radical (unpaired) electrons. The van der Waals surface area contributed by atoms with Gasteiger partial charge in [0.15, 0.2) is 0 Å². The quantitative estimate of drug-likeness (QED) is 0.371. The molecule has 0 unspecified atom stereocenters. The minimum absolute atomic E-state index is 0.0601. The first kappa shape index (κ1) is 11.6. The minimum Gasteiger partial charge on any atom is -0.359 e. The normalized spacial score (nSPS) is 10.7. The van der Waals surface area contributed by atoms with E-state index < -0.39 is 9.99 Å². The summed E-state index contributed by atoms with van der Waals surface area (Å²) in [5, 5.41) is 4.75. The molecule has 0 fully saturated rings. The molecule has 70 valence electrons. The standard InChI is InChI=1S/C6H12N2O2S2/c1-7-4(9)3-6(11,12)5(10)8-2/h11-12H,3H2,1-2H3,(H,7,9)(H,8,10). The molecule has 0 aliphatic carbocycles. The zero-order valence-corrected chi connectivity index (χ0v) is 8.71. The van der Waals surface area contributed by atoms with E-state index in [0.717, 1.165) is 0 Å². The molecule has 6 heteroatoms. The number of hydrogen-bond donors (Lipinski definition) is 4. The van der Waals surface area contributed by atoms with E-state index in [1.165, 1.54) is 14.1 Å². The molecule has 0 heterocycles. The Bertz CT molecular complexity index is 194. The van der Waals surface area contributed by atoms with Crippen molar-refractivity contribution in [1.29, 1.82) is 0 Å². The lowest BCUT2D eigenvalue weighted by Crippen LogP contribution is -2.40. The highest BCUT2D eigenvalue weighted by Gasteiger charge is 2.31. The number of nitrogens with one attached hydrogen (secondary N) is 2. The fraction of sp³-hybridized carbons (Fsp3) is 0.667. The van der Waals surface area contributed by atoms with Gasteiger partial charge in [0, 0.05) is 14.1 Å². The van der Waals surface area contributed by atoms with Gasteiger partial charge in [0.2, 0.25) is 11.8 Å². The lowest BCUT2D eigenvalue weighted by Gasteiger charge is -2.18. The third-order valence-electron chi connectivity index (χ3n) is 1.28. The fourth-order valence-corrected chi connectivity index (χ4v) is 1.10. The van der Waals surface area contributed by atoms with Crippen LogP contribution in [0.15, 0.2) is 0 Å². The Morgan fingerprint density at radius 3 is 2.08 bits per heavy atom. The highest BCUT2D eigenvalue weighted by Crippen LogP contribution is 2.23. The lowest BCUT2D eigenvalue weighted by molar-refractivity contribution is -0.126. The van der Waals surface area contributed by atoms with E-state index >= 15 is 0 Å². The molecule has 4 nitrogen and oxygen atoms in total. The van der Waals surface area contributed by atoms with E-state index in [9.17, 15) is 9.59 Å². The Morgan fingerprint density at radius 2 is 1.75 bits per heavy atom. The van der Waals surface area contributed by atoms with Crippen molar-refractivity contribution in [3.63, 3.8) is 0 Å². The predicted octanol–water partition coefficient (Wildman–Crippen LogP) is -0.576. The van der Waals surface area contributed by atoms with E-state index in [4.69, 9.17) is 0 Å². The largest absolute Gasteiger partial charge is 0.359 e. The third-order valence-corrected chi connectivity index (χ3v) is 2.00. The van der Waals surface area contributed by atoms with Crippen molar-refractivity contribution >= 4 is 37.1 Å². The van der Waals surface area contributed by atoms with Crippen LogP contribution >= 0.6 is 25.3 Å². The van der Waals surface area contributed by atoms with E-state index in [-0.39, 0.29) is 12.3 Å². The van der Waals surface area contributed by atoms with Gasteiger partial charge in [0.1, 0.15) is 4.08 Å². The van der Waals surface area contributed by atoms with Gasteiger partial charge in [-0.2, -0.15) is 25.3 Å². The second kappa shape index (κ2) is 4.61. The summed E-state index contributed by atoms with van der Waals surface area (Å²) < 4.78 is -1.24. The number of carbonyl (C=O) groups excluding carboxylic acids is 2. The Morgan fingerprint density at radius 1 is 1.25 bits per heavy atom. The highest BCUT2D eigenvalue weighted by atomic mass is 32.2. The Labute approximate surface area is 82.3 Å². The summed E-state index contributed by atoms with van der Waals surface area (Å²) in [5.74, 6) is -0.665. The Hall–Kier alpha value is -0.360. The lowest BCUT2D eigenvalue weighted by atomic mass is 10.2. The molecule has 2 amide bonds. The molecule has 0 aromatic heterocycles. The summed E-state index contributed by atoms with van der Waals surface area (Å²) in [7, 11) is 2.96. The van der Waals surface area contributed by atoms with E-state index in [1.807, 2.05) is 0 Å². The van der Waals surface area contributed by atoms with Gasteiger partial charge in [0.25, 0.3) is 0 Å². The topological polar surface area (TPSA) is 58.2 Å². The molecule has 12 heavy (non-hydrogen) atoms. The average Bonchev–Trinajstić information content (AvgIpc) is 2.02. The summed E-state index contributed by atoms with van der Waals surface area (Å²) in [4.78, 5) is 21.9. The monoisotopic (exact) mass is 208 g/mol. The molecule has 0 rings (SSSR count). The van der Waals surface area contributed by atoms with Gasteiger partial charge in [-0.1, -0.05) is 0 Å². The number of rotatable bonds is 3. The van der Waals surface area contributed by atoms with Crippen molar-refractivity contribution in [2.75, 3.05) is 14.1 Å². The van der Waals surface area contributed by atoms with Gasteiger partial charge >= 0.3 is 0 Å². The van der Waals surface area contributed by atoms with Crippen LogP contribution in [0, 0.1) is 0 Å². The highest BCUT2D eigenvalue weighted by molar-refractivity contribution is 8.02. The van der Waals surface area contributed by atoms with E-state index in [1.54, 1.807) is 0 Å². The average molecular weight is 208 g/mol. The van der Waals surface area contributed by atoms with Crippen LogP contribution in [0.2, 0.25) is 0 Å². The summed E-state index contributed by atoms with van der Waals surface area (Å²) in [6, 6.07) is 0. The number of amides is 2. The summed E-state index contributed by atoms with van der Waals surface area (Å²) >= 11 is 7.89. The first-order valence-electron chi connectivity index (χ1n) is 3.31. The molecule has 0 saturated carbocycles. The SMILES string of the molecule is CNC(=O)CC(S)(S)C(=O)NC. The van der Waals surface area contributed by atoms with Gasteiger partial charge in [-0.05, 0) is 0 Å².